The summed E-state index contributed by atoms with van der Waals surface area (Å²) in [5.74, 6) is -2.12. The average molecular weight is 283 g/mol. The van der Waals surface area contributed by atoms with Crippen LogP contribution in [-0.4, -0.2) is 17.1 Å². The summed E-state index contributed by atoms with van der Waals surface area (Å²) >= 11 is 3.10. The van der Waals surface area contributed by atoms with E-state index in [-0.39, 0.29) is 5.82 Å². The van der Waals surface area contributed by atoms with Gasteiger partial charge in [0, 0.05) is 10.7 Å². The van der Waals surface area contributed by atoms with Gasteiger partial charge in [-0.3, -0.25) is 4.79 Å². The van der Waals surface area contributed by atoms with Gasteiger partial charge in [0.1, 0.15) is 5.82 Å². The molecule has 1 rings (SSSR count). The number of amides is 1. The molecule has 0 fully saturated rings. The van der Waals surface area contributed by atoms with Gasteiger partial charge in [-0.25, -0.2) is 4.98 Å². The van der Waals surface area contributed by atoms with Crippen molar-refractivity contribution < 1.29 is 18.0 Å². The number of halogens is 4. The minimum Gasteiger partial charge on any atom is -0.303 e. The summed E-state index contributed by atoms with van der Waals surface area (Å²) in [6.45, 7) is 1.55. The molecule has 0 bridgehead atoms. The van der Waals surface area contributed by atoms with Crippen LogP contribution in [0.15, 0.2) is 16.7 Å². The van der Waals surface area contributed by atoms with Gasteiger partial charge in [0.05, 0.1) is 0 Å². The largest absolute Gasteiger partial charge is 0.471 e. The Morgan fingerprint density at radius 2 is 2.13 bits per heavy atom. The Hall–Kier alpha value is -1.11. The van der Waals surface area contributed by atoms with E-state index >= 15 is 0 Å². The Kier molecular flexibility index (Phi) is 3.33. The summed E-state index contributed by atoms with van der Waals surface area (Å²) in [5.41, 5.74) is 0.446. The topological polar surface area (TPSA) is 42.0 Å². The molecule has 0 aliphatic carbocycles. The van der Waals surface area contributed by atoms with E-state index in [2.05, 4.69) is 20.9 Å². The fraction of sp³-hybridized carbons (Fsp3) is 0.250. The monoisotopic (exact) mass is 282 g/mol. The van der Waals surface area contributed by atoms with Crippen molar-refractivity contribution in [3.05, 3.63) is 22.3 Å². The number of rotatable bonds is 1. The lowest BCUT2D eigenvalue weighted by molar-refractivity contribution is -0.167. The van der Waals surface area contributed by atoms with Gasteiger partial charge in [-0.2, -0.15) is 13.2 Å². The van der Waals surface area contributed by atoms with Crippen LogP contribution in [-0.2, 0) is 4.79 Å². The maximum Gasteiger partial charge on any atom is 0.471 e. The van der Waals surface area contributed by atoms with Crippen LogP contribution in [0, 0.1) is 6.92 Å². The third-order valence-corrected chi connectivity index (χ3v) is 1.97. The quantitative estimate of drug-likeness (QED) is 0.860. The number of hydrogen-bond acceptors (Lipinski definition) is 2. The van der Waals surface area contributed by atoms with Gasteiger partial charge in [-0.05, 0) is 34.5 Å². The molecule has 0 saturated heterocycles. The summed E-state index contributed by atoms with van der Waals surface area (Å²) in [7, 11) is 0. The number of carbonyl (C=O) groups excluding carboxylic acids is 1. The predicted octanol–water partition coefficient (Wildman–Crippen LogP) is 2.65. The Bertz CT molecular complexity index is 392. The van der Waals surface area contributed by atoms with Gasteiger partial charge in [-0.15, -0.1) is 0 Å². The second-order valence-corrected chi connectivity index (χ2v) is 3.69. The highest BCUT2D eigenvalue weighted by Gasteiger charge is 2.39. The third-order valence-electron chi connectivity index (χ3n) is 1.53. The van der Waals surface area contributed by atoms with E-state index in [1.165, 1.54) is 6.20 Å². The van der Waals surface area contributed by atoms with Crippen LogP contribution in [0.2, 0.25) is 0 Å². The Balaban J connectivity index is 2.87. The molecule has 0 atom stereocenters. The van der Waals surface area contributed by atoms with Crippen LogP contribution in [0.5, 0.6) is 0 Å². The van der Waals surface area contributed by atoms with Crippen molar-refractivity contribution in [3.8, 4) is 0 Å². The molecular formula is C8H6BrF3N2O. The molecule has 1 aromatic heterocycles. The van der Waals surface area contributed by atoms with E-state index in [0.29, 0.717) is 10.0 Å². The zero-order valence-corrected chi connectivity index (χ0v) is 9.11. The molecule has 1 N–H and O–H groups in total. The molecule has 0 aliphatic rings. The molecule has 3 nitrogen and oxygen atoms in total. The first-order valence-electron chi connectivity index (χ1n) is 3.81. The van der Waals surface area contributed by atoms with Crippen molar-refractivity contribution in [1.29, 1.82) is 0 Å². The standard InChI is InChI=1S/C8H6BrF3N2O/c1-4-2-5(9)3-13-6(4)14-7(15)8(10,11)12/h2-3H,1H3,(H,13,14,15). The first kappa shape index (κ1) is 12.0. The maximum absolute atomic E-state index is 11.9. The summed E-state index contributed by atoms with van der Waals surface area (Å²) < 4.78 is 36.3. The highest BCUT2D eigenvalue weighted by molar-refractivity contribution is 9.10. The molecule has 1 aromatic rings. The number of alkyl halides is 3. The van der Waals surface area contributed by atoms with Crippen molar-refractivity contribution >= 4 is 27.7 Å². The summed E-state index contributed by atoms with van der Waals surface area (Å²) in [6, 6.07) is 1.55. The number of pyridine rings is 1. The second kappa shape index (κ2) is 4.18. The van der Waals surface area contributed by atoms with Crippen LogP contribution in [0.25, 0.3) is 0 Å². The third kappa shape index (κ3) is 3.19. The first-order chi connectivity index (χ1) is 6.80. The number of carbonyl (C=O) groups is 1. The van der Waals surface area contributed by atoms with Gasteiger partial charge < -0.3 is 5.32 Å². The molecule has 1 heterocycles. The molecule has 82 valence electrons. The van der Waals surface area contributed by atoms with Gasteiger partial charge in [0.15, 0.2) is 0 Å². The van der Waals surface area contributed by atoms with Gasteiger partial charge >= 0.3 is 12.1 Å². The highest BCUT2D eigenvalue weighted by Crippen LogP contribution is 2.20. The number of aromatic nitrogens is 1. The SMILES string of the molecule is Cc1cc(Br)cnc1NC(=O)C(F)(F)F. The number of aryl methyl sites for hydroxylation is 1. The lowest BCUT2D eigenvalue weighted by atomic mass is 10.3. The molecule has 1 amide bonds. The molecule has 0 radical (unpaired) electrons. The molecule has 0 saturated carbocycles. The van der Waals surface area contributed by atoms with E-state index in [4.69, 9.17) is 0 Å². The average Bonchev–Trinajstić information content (AvgIpc) is 2.08. The minimum absolute atomic E-state index is 0.0967. The molecule has 0 aliphatic heterocycles. The lowest BCUT2D eigenvalue weighted by Crippen LogP contribution is -2.30. The summed E-state index contributed by atoms with van der Waals surface area (Å²) in [6.07, 6.45) is -3.60. The van der Waals surface area contributed by atoms with E-state index < -0.39 is 12.1 Å². The van der Waals surface area contributed by atoms with Crippen LogP contribution >= 0.6 is 15.9 Å². The molecule has 0 aromatic carbocycles. The highest BCUT2D eigenvalue weighted by atomic mass is 79.9. The van der Waals surface area contributed by atoms with Crippen LogP contribution in [0.4, 0.5) is 19.0 Å². The van der Waals surface area contributed by atoms with Crippen molar-refractivity contribution in [3.63, 3.8) is 0 Å². The predicted molar refractivity (Wildman–Crippen MR) is 51.4 cm³/mol. The minimum atomic E-state index is -4.90. The first-order valence-corrected chi connectivity index (χ1v) is 4.60. The number of nitrogens with one attached hydrogen (secondary N) is 1. The van der Waals surface area contributed by atoms with Crippen LogP contribution in [0.1, 0.15) is 5.56 Å². The van der Waals surface area contributed by atoms with E-state index in [0.717, 1.165) is 0 Å². The fourth-order valence-corrected chi connectivity index (χ4v) is 1.30. The zero-order chi connectivity index (χ0) is 11.6. The van der Waals surface area contributed by atoms with Crippen LogP contribution in [0.3, 0.4) is 0 Å². The van der Waals surface area contributed by atoms with E-state index in [1.54, 1.807) is 18.3 Å². The number of hydrogen-bond donors (Lipinski definition) is 1. The van der Waals surface area contributed by atoms with Gasteiger partial charge in [-0.1, -0.05) is 0 Å². The lowest BCUT2D eigenvalue weighted by Gasteiger charge is -2.09. The summed E-state index contributed by atoms with van der Waals surface area (Å²) in [4.78, 5) is 14.2. The van der Waals surface area contributed by atoms with E-state index in [9.17, 15) is 18.0 Å². The smallest absolute Gasteiger partial charge is 0.303 e. The Morgan fingerprint density at radius 3 is 2.60 bits per heavy atom. The zero-order valence-electron chi connectivity index (χ0n) is 7.52. The molecule has 7 heteroatoms. The molecule has 0 spiro atoms. The summed E-state index contributed by atoms with van der Waals surface area (Å²) in [5, 5.41) is 1.68. The number of anilines is 1. The van der Waals surface area contributed by atoms with Crippen molar-refractivity contribution in [2.75, 3.05) is 5.32 Å². The maximum atomic E-state index is 11.9. The van der Waals surface area contributed by atoms with Gasteiger partial charge in [0.2, 0.25) is 0 Å². The van der Waals surface area contributed by atoms with Crippen molar-refractivity contribution in [2.24, 2.45) is 0 Å². The Labute approximate surface area is 91.8 Å². The molecular weight excluding hydrogens is 277 g/mol. The number of nitrogens with zero attached hydrogens (tertiary/aromatic N) is 1. The fourth-order valence-electron chi connectivity index (χ4n) is 0.850. The van der Waals surface area contributed by atoms with Crippen molar-refractivity contribution in [1.82, 2.24) is 4.98 Å². The van der Waals surface area contributed by atoms with E-state index in [1.807, 2.05) is 0 Å². The Morgan fingerprint density at radius 1 is 1.53 bits per heavy atom. The van der Waals surface area contributed by atoms with Crippen LogP contribution < -0.4 is 5.32 Å². The molecule has 0 unspecified atom stereocenters. The van der Waals surface area contributed by atoms with Gasteiger partial charge in [0.25, 0.3) is 0 Å². The van der Waals surface area contributed by atoms with Crippen molar-refractivity contribution in [2.45, 2.75) is 13.1 Å². The normalized spacial score (nSPS) is 11.3. The second-order valence-electron chi connectivity index (χ2n) is 2.77. The molecule has 15 heavy (non-hydrogen) atoms.